The molecule has 0 aromatic carbocycles. The van der Waals surface area contributed by atoms with Crippen molar-refractivity contribution in [3.8, 4) is 0 Å². The summed E-state index contributed by atoms with van der Waals surface area (Å²) < 4.78 is 36.3. The lowest BCUT2D eigenvalue weighted by Gasteiger charge is -2.17. The number of H-pyrrole nitrogens is 1. The number of amides is 1. The molecule has 0 unspecified atom stereocenters. The molecule has 108 valence electrons. The lowest BCUT2D eigenvalue weighted by atomic mass is 10.1. The van der Waals surface area contributed by atoms with E-state index >= 15 is 0 Å². The second-order valence-electron chi connectivity index (χ2n) is 4.65. The Morgan fingerprint density at radius 1 is 1.47 bits per heavy atom. The van der Waals surface area contributed by atoms with Crippen LogP contribution < -0.4 is 5.73 Å². The van der Waals surface area contributed by atoms with E-state index < -0.39 is 25.0 Å². The highest BCUT2D eigenvalue weighted by Crippen LogP contribution is 2.24. The van der Waals surface area contributed by atoms with Crippen molar-refractivity contribution in [2.75, 3.05) is 19.3 Å². The molecule has 0 spiro atoms. The first kappa shape index (κ1) is 15.3. The molecule has 8 heteroatoms. The van der Waals surface area contributed by atoms with E-state index in [-0.39, 0.29) is 17.3 Å². The second-order valence-corrected chi connectivity index (χ2v) is 4.65. The van der Waals surface area contributed by atoms with E-state index in [2.05, 4.69) is 10.2 Å². The van der Waals surface area contributed by atoms with Crippen LogP contribution in [0.25, 0.3) is 0 Å². The molecule has 0 saturated heterocycles. The standard InChI is InChI=1S/C11H17F3N4O/c1-6(2)8-7(15)9(17-16-8)10(19)18(3)5-4-11(12,13)14/h6H,4-5,15H2,1-3H3,(H,16,17). The molecule has 0 saturated carbocycles. The van der Waals surface area contributed by atoms with Crippen LogP contribution in [0.3, 0.4) is 0 Å². The molecule has 0 aliphatic carbocycles. The molecule has 1 heterocycles. The number of hydrogen-bond acceptors (Lipinski definition) is 3. The highest BCUT2D eigenvalue weighted by atomic mass is 19.4. The van der Waals surface area contributed by atoms with E-state index in [9.17, 15) is 18.0 Å². The zero-order valence-corrected chi connectivity index (χ0v) is 11.0. The molecule has 0 aliphatic heterocycles. The number of aromatic nitrogens is 2. The van der Waals surface area contributed by atoms with Crippen LogP contribution in [-0.2, 0) is 0 Å². The Morgan fingerprint density at radius 3 is 2.47 bits per heavy atom. The first-order valence-corrected chi connectivity index (χ1v) is 5.79. The molecule has 1 aromatic rings. The van der Waals surface area contributed by atoms with Crippen molar-refractivity contribution in [2.45, 2.75) is 32.4 Å². The summed E-state index contributed by atoms with van der Waals surface area (Å²) in [4.78, 5) is 12.9. The van der Waals surface area contributed by atoms with Crippen LogP contribution in [0.1, 0.15) is 42.4 Å². The molecule has 1 rings (SSSR count). The molecular weight excluding hydrogens is 261 g/mol. The van der Waals surface area contributed by atoms with Gasteiger partial charge in [-0.05, 0) is 5.92 Å². The molecule has 1 aromatic heterocycles. The Kier molecular flexibility index (Phi) is 4.43. The zero-order chi connectivity index (χ0) is 14.8. The van der Waals surface area contributed by atoms with E-state index in [0.29, 0.717) is 5.69 Å². The third-order valence-electron chi connectivity index (χ3n) is 2.69. The minimum Gasteiger partial charge on any atom is -0.395 e. The van der Waals surface area contributed by atoms with E-state index in [1.54, 1.807) is 0 Å². The number of halogens is 3. The van der Waals surface area contributed by atoms with Gasteiger partial charge in [-0.1, -0.05) is 13.8 Å². The number of aromatic amines is 1. The largest absolute Gasteiger partial charge is 0.395 e. The highest BCUT2D eigenvalue weighted by Gasteiger charge is 2.29. The predicted octanol–water partition coefficient (Wildman–Crippen LogP) is 2.14. The Morgan fingerprint density at radius 2 is 2.05 bits per heavy atom. The van der Waals surface area contributed by atoms with Crippen LogP contribution in [-0.4, -0.2) is 40.8 Å². The number of nitrogens with one attached hydrogen (secondary N) is 1. The maximum Gasteiger partial charge on any atom is 0.390 e. The van der Waals surface area contributed by atoms with Gasteiger partial charge in [-0.25, -0.2) is 0 Å². The summed E-state index contributed by atoms with van der Waals surface area (Å²) in [5.41, 5.74) is 6.53. The van der Waals surface area contributed by atoms with E-state index in [1.807, 2.05) is 13.8 Å². The summed E-state index contributed by atoms with van der Waals surface area (Å²) in [5.74, 6) is -0.570. The Balaban J connectivity index is 2.78. The number of nitrogen functional groups attached to an aromatic ring is 1. The summed E-state index contributed by atoms with van der Waals surface area (Å²) in [6.07, 6.45) is -5.36. The third kappa shape index (κ3) is 3.87. The average molecular weight is 278 g/mol. The van der Waals surface area contributed by atoms with Gasteiger partial charge in [-0.15, -0.1) is 0 Å². The van der Waals surface area contributed by atoms with Gasteiger partial charge in [0.15, 0.2) is 5.69 Å². The van der Waals surface area contributed by atoms with Gasteiger partial charge < -0.3 is 10.6 Å². The van der Waals surface area contributed by atoms with Crippen molar-refractivity contribution in [3.05, 3.63) is 11.4 Å². The summed E-state index contributed by atoms with van der Waals surface area (Å²) in [6.45, 7) is 3.31. The van der Waals surface area contributed by atoms with Crippen molar-refractivity contribution in [1.29, 1.82) is 0 Å². The number of alkyl halides is 3. The number of carbonyl (C=O) groups excluding carboxylic acids is 1. The van der Waals surface area contributed by atoms with Gasteiger partial charge in [0.25, 0.3) is 5.91 Å². The molecule has 1 amide bonds. The summed E-state index contributed by atoms with van der Waals surface area (Å²) in [6, 6.07) is 0. The van der Waals surface area contributed by atoms with Gasteiger partial charge in [0.05, 0.1) is 17.8 Å². The van der Waals surface area contributed by atoms with Crippen molar-refractivity contribution in [2.24, 2.45) is 0 Å². The van der Waals surface area contributed by atoms with Crippen LogP contribution in [0.5, 0.6) is 0 Å². The third-order valence-corrected chi connectivity index (χ3v) is 2.69. The van der Waals surface area contributed by atoms with Crippen molar-refractivity contribution in [1.82, 2.24) is 15.1 Å². The Hall–Kier alpha value is -1.73. The number of anilines is 1. The van der Waals surface area contributed by atoms with Gasteiger partial charge in [-0.3, -0.25) is 9.89 Å². The molecule has 0 aliphatic rings. The van der Waals surface area contributed by atoms with Crippen LogP contribution in [0.4, 0.5) is 18.9 Å². The van der Waals surface area contributed by atoms with Gasteiger partial charge in [-0.2, -0.15) is 18.3 Å². The average Bonchev–Trinajstić information content (AvgIpc) is 2.66. The molecule has 3 N–H and O–H groups in total. The fourth-order valence-corrected chi connectivity index (χ4v) is 1.54. The SMILES string of the molecule is CC(C)c1[nH]nc(C(=O)N(C)CCC(F)(F)F)c1N. The number of nitrogens with two attached hydrogens (primary N) is 1. The molecular formula is C11H17F3N4O. The molecule has 0 bridgehead atoms. The van der Waals surface area contributed by atoms with Crippen LogP contribution >= 0.6 is 0 Å². The van der Waals surface area contributed by atoms with Gasteiger partial charge in [0.1, 0.15) is 0 Å². The summed E-state index contributed by atoms with van der Waals surface area (Å²) >= 11 is 0. The number of carbonyl (C=O) groups is 1. The van der Waals surface area contributed by atoms with Crippen molar-refractivity contribution in [3.63, 3.8) is 0 Å². The fraction of sp³-hybridized carbons (Fsp3) is 0.636. The van der Waals surface area contributed by atoms with Gasteiger partial charge in [0, 0.05) is 13.6 Å². The Bertz CT molecular complexity index is 453. The molecule has 5 nitrogen and oxygen atoms in total. The zero-order valence-electron chi connectivity index (χ0n) is 11.0. The number of rotatable bonds is 4. The maximum absolute atomic E-state index is 12.1. The maximum atomic E-state index is 12.1. The van der Waals surface area contributed by atoms with Crippen LogP contribution in [0, 0.1) is 0 Å². The first-order valence-electron chi connectivity index (χ1n) is 5.79. The Labute approximate surface area is 109 Å². The molecule has 0 radical (unpaired) electrons. The minimum absolute atomic E-state index is 0.0339. The van der Waals surface area contributed by atoms with Crippen molar-refractivity contribution >= 4 is 11.6 Å². The number of hydrogen-bond donors (Lipinski definition) is 2. The second kappa shape index (κ2) is 5.50. The first-order chi connectivity index (χ1) is 8.63. The topological polar surface area (TPSA) is 75.0 Å². The number of nitrogens with zero attached hydrogens (tertiary/aromatic N) is 2. The van der Waals surface area contributed by atoms with E-state index in [0.717, 1.165) is 4.90 Å². The van der Waals surface area contributed by atoms with Crippen LogP contribution in [0.15, 0.2) is 0 Å². The quantitative estimate of drug-likeness (QED) is 0.886. The smallest absolute Gasteiger partial charge is 0.390 e. The van der Waals surface area contributed by atoms with Gasteiger partial charge >= 0.3 is 6.18 Å². The van der Waals surface area contributed by atoms with E-state index in [1.165, 1.54) is 7.05 Å². The van der Waals surface area contributed by atoms with Crippen molar-refractivity contribution < 1.29 is 18.0 Å². The molecule has 19 heavy (non-hydrogen) atoms. The predicted molar refractivity (Wildman–Crippen MR) is 64.7 cm³/mol. The monoisotopic (exact) mass is 278 g/mol. The lowest BCUT2D eigenvalue weighted by molar-refractivity contribution is -0.136. The highest BCUT2D eigenvalue weighted by molar-refractivity contribution is 5.97. The molecule has 0 fully saturated rings. The summed E-state index contributed by atoms with van der Waals surface area (Å²) in [5, 5.41) is 6.42. The minimum atomic E-state index is -4.30. The normalized spacial score (nSPS) is 11.9. The molecule has 0 atom stereocenters. The van der Waals surface area contributed by atoms with E-state index in [4.69, 9.17) is 5.73 Å². The fourth-order valence-electron chi connectivity index (χ4n) is 1.54. The summed E-state index contributed by atoms with van der Waals surface area (Å²) in [7, 11) is 1.29. The van der Waals surface area contributed by atoms with Crippen LogP contribution in [0.2, 0.25) is 0 Å². The lowest BCUT2D eigenvalue weighted by Crippen LogP contribution is -2.31. The van der Waals surface area contributed by atoms with Gasteiger partial charge in [0.2, 0.25) is 0 Å².